The molecule has 2 heterocycles. The molecule has 2 aliphatic rings. The predicted molar refractivity (Wildman–Crippen MR) is 108 cm³/mol. The van der Waals surface area contributed by atoms with Crippen LogP contribution in [0.15, 0.2) is 46.9 Å². The lowest BCUT2D eigenvalue weighted by Crippen LogP contribution is -2.26. The summed E-state index contributed by atoms with van der Waals surface area (Å²) in [7, 11) is 0. The zero-order valence-electron chi connectivity index (χ0n) is 15.5. The maximum atomic E-state index is 13.3. The van der Waals surface area contributed by atoms with E-state index < -0.39 is 23.0 Å². The first kappa shape index (κ1) is 18.3. The molecule has 0 radical (unpaired) electrons. The summed E-state index contributed by atoms with van der Waals surface area (Å²) in [5.41, 5.74) is 1.10. The molecule has 2 bridgehead atoms. The highest BCUT2D eigenvalue weighted by molar-refractivity contribution is 6.34. The number of rotatable bonds is 0. The lowest BCUT2D eigenvalue weighted by molar-refractivity contribution is -0.116. The highest BCUT2D eigenvalue weighted by Crippen LogP contribution is 2.39. The molecule has 1 atom stereocenters. The molecule has 1 aliphatic heterocycles. The van der Waals surface area contributed by atoms with E-state index in [1.54, 1.807) is 31.2 Å². The van der Waals surface area contributed by atoms with Gasteiger partial charge < -0.3 is 15.1 Å². The van der Waals surface area contributed by atoms with Crippen LogP contribution in [-0.4, -0.2) is 23.4 Å². The zero-order valence-corrected chi connectivity index (χ0v) is 16.3. The van der Waals surface area contributed by atoms with Crippen molar-refractivity contribution in [1.29, 1.82) is 0 Å². The topological polar surface area (TPSA) is 105 Å². The second-order valence-corrected chi connectivity index (χ2v) is 7.48. The van der Waals surface area contributed by atoms with Crippen LogP contribution in [0.3, 0.4) is 0 Å². The van der Waals surface area contributed by atoms with Crippen LogP contribution in [-0.2, 0) is 4.79 Å². The minimum Gasteiger partial charge on any atom is -0.463 e. The van der Waals surface area contributed by atoms with Crippen molar-refractivity contribution in [2.75, 3.05) is 10.6 Å². The summed E-state index contributed by atoms with van der Waals surface area (Å²) in [5, 5.41) is 4.12. The minimum absolute atomic E-state index is 0.0258. The smallest absolute Gasteiger partial charge is 0.259 e. The maximum absolute atomic E-state index is 13.3. The number of ketones is 2. The van der Waals surface area contributed by atoms with Crippen molar-refractivity contribution >= 4 is 46.4 Å². The summed E-state index contributed by atoms with van der Waals surface area (Å²) in [6, 6.07) is 10.8. The fourth-order valence-corrected chi connectivity index (χ4v) is 3.94. The van der Waals surface area contributed by atoms with Gasteiger partial charge in [-0.05, 0) is 25.1 Å². The van der Waals surface area contributed by atoms with E-state index in [0.29, 0.717) is 5.56 Å². The lowest BCUT2D eigenvalue weighted by Gasteiger charge is -2.23. The highest BCUT2D eigenvalue weighted by atomic mass is 35.5. The zero-order chi connectivity index (χ0) is 21.2. The molecule has 148 valence electrons. The SMILES string of the molecule is Cc1oc2cc1C(=O)Nc1c(ccc3c1C(=O)c1ccccc1C3=O)NC(=O)C2Cl. The highest BCUT2D eigenvalue weighted by Gasteiger charge is 2.35. The molecule has 0 spiro atoms. The van der Waals surface area contributed by atoms with Crippen molar-refractivity contribution in [3.8, 4) is 0 Å². The molecule has 2 aromatic carbocycles. The van der Waals surface area contributed by atoms with Gasteiger partial charge in [0.25, 0.3) is 5.91 Å². The molecule has 7 nitrogen and oxygen atoms in total. The van der Waals surface area contributed by atoms with E-state index in [4.69, 9.17) is 16.0 Å². The van der Waals surface area contributed by atoms with Crippen molar-refractivity contribution < 1.29 is 23.6 Å². The van der Waals surface area contributed by atoms with Gasteiger partial charge in [0.15, 0.2) is 16.9 Å². The maximum Gasteiger partial charge on any atom is 0.259 e. The lowest BCUT2D eigenvalue weighted by atomic mass is 9.82. The van der Waals surface area contributed by atoms with Crippen molar-refractivity contribution in [2.24, 2.45) is 0 Å². The van der Waals surface area contributed by atoms with E-state index in [-0.39, 0.29) is 50.9 Å². The van der Waals surface area contributed by atoms with Crippen LogP contribution in [0, 0.1) is 6.92 Å². The van der Waals surface area contributed by atoms with Crippen LogP contribution < -0.4 is 10.6 Å². The van der Waals surface area contributed by atoms with E-state index in [0.717, 1.165) is 0 Å². The van der Waals surface area contributed by atoms with Gasteiger partial charge in [-0.15, -0.1) is 11.6 Å². The number of alkyl halides is 1. The Balaban J connectivity index is 1.75. The van der Waals surface area contributed by atoms with E-state index in [2.05, 4.69) is 10.6 Å². The fraction of sp³-hybridized carbons (Fsp3) is 0.0909. The Bertz CT molecular complexity index is 1310. The van der Waals surface area contributed by atoms with Gasteiger partial charge in [0.1, 0.15) is 11.5 Å². The first-order valence-corrected chi connectivity index (χ1v) is 9.52. The third kappa shape index (κ3) is 2.52. The van der Waals surface area contributed by atoms with Crippen LogP contribution in [0.5, 0.6) is 0 Å². The molecule has 1 aliphatic carbocycles. The second-order valence-electron chi connectivity index (χ2n) is 7.04. The number of hydrogen-bond acceptors (Lipinski definition) is 5. The molecule has 1 unspecified atom stereocenters. The van der Waals surface area contributed by atoms with E-state index in [1.165, 1.54) is 18.2 Å². The summed E-state index contributed by atoms with van der Waals surface area (Å²) in [6.07, 6.45) is 0. The average molecular weight is 421 g/mol. The molecule has 1 aromatic heterocycles. The van der Waals surface area contributed by atoms with Gasteiger partial charge in [0, 0.05) is 16.7 Å². The van der Waals surface area contributed by atoms with Gasteiger partial charge >= 0.3 is 0 Å². The number of halogens is 1. The van der Waals surface area contributed by atoms with Gasteiger partial charge in [0.05, 0.1) is 22.5 Å². The molecular weight excluding hydrogens is 408 g/mol. The number of anilines is 2. The normalized spacial score (nSPS) is 17.5. The number of nitrogens with one attached hydrogen (secondary N) is 2. The molecule has 2 N–H and O–H groups in total. The van der Waals surface area contributed by atoms with Crippen LogP contribution in [0.1, 0.15) is 59.1 Å². The Hall–Kier alpha value is -3.71. The predicted octanol–water partition coefficient (Wildman–Crippen LogP) is 3.85. The summed E-state index contributed by atoms with van der Waals surface area (Å²) >= 11 is 6.22. The number of amides is 2. The van der Waals surface area contributed by atoms with Crippen molar-refractivity contribution in [3.05, 3.63) is 81.8 Å². The number of hydrogen-bond donors (Lipinski definition) is 2. The first-order valence-electron chi connectivity index (χ1n) is 9.09. The Morgan fingerprint density at radius 1 is 0.867 bits per heavy atom. The summed E-state index contributed by atoms with van der Waals surface area (Å²) in [5.74, 6) is -1.48. The molecule has 0 fully saturated rings. The number of fused-ring (bicyclic) bond motifs is 6. The Labute approximate surface area is 175 Å². The van der Waals surface area contributed by atoms with Gasteiger partial charge in [-0.2, -0.15) is 0 Å². The van der Waals surface area contributed by atoms with Crippen LogP contribution in [0.2, 0.25) is 0 Å². The van der Waals surface area contributed by atoms with Gasteiger partial charge in [-0.25, -0.2) is 0 Å². The number of carbonyl (C=O) groups excluding carboxylic acids is 4. The monoisotopic (exact) mass is 420 g/mol. The quantitative estimate of drug-likeness (QED) is 0.420. The molecule has 8 heteroatoms. The summed E-state index contributed by atoms with van der Waals surface area (Å²) < 4.78 is 5.47. The molecule has 3 aromatic rings. The van der Waals surface area contributed by atoms with E-state index in [1.807, 2.05) is 0 Å². The van der Waals surface area contributed by atoms with Gasteiger partial charge in [0.2, 0.25) is 5.91 Å². The molecular formula is C22H13ClN2O5. The van der Waals surface area contributed by atoms with Gasteiger partial charge in [-0.3, -0.25) is 19.2 Å². The Morgan fingerprint density at radius 2 is 1.57 bits per heavy atom. The van der Waals surface area contributed by atoms with Crippen LogP contribution >= 0.6 is 11.6 Å². The van der Waals surface area contributed by atoms with Crippen LogP contribution in [0.25, 0.3) is 0 Å². The molecule has 2 amide bonds. The third-order valence-corrected chi connectivity index (χ3v) is 5.66. The van der Waals surface area contributed by atoms with Crippen molar-refractivity contribution in [1.82, 2.24) is 0 Å². The summed E-state index contributed by atoms with van der Waals surface area (Å²) in [4.78, 5) is 51.8. The molecule has 30 heavy (non-hydrogen) atoms. The number of aryl methyl sites for hydroxylation is 1. The van der Waals surface area contributed by atoms with Gasteiger partial charge in [-0.1, -0.05) is 24.3 Å². The molecule has 5 rings (SSSR count). The first-order chi connectivity index (χ1) is 14.4. The van der Waals surface area contributed by atoms with Crippen LogP contribution in [0.4, 0.5) is 11.4 Å². The average Bonchev–Trinajstić information content (AvgIpc) is 3.13. The molecule has 0 saturated carbocycles. The largest absolute Gasteiger partial charge is 0.463 e. The van der Waals surface area contributed by atoms with Crippen molar-refractivity contribution in [3.63, 3.8) is 0 Å². The minimum atomic E-state index is -1.18. The Kier molecular flexibility index (Phi) is 3.91. The number of furan rings is 1. The van der Waals surface area contributed by atoms with E-state index in [9.17, 15) is 19.2 Å². The Morgan fingerprint density at radius 3 is 2.30 bits per heavy atom. The van der Waals surface area contributed by atoms with Crippen molar-refractivity contribution in [2.45, 2.75) is 12.3 Å². The van der Waals surface area contributed by atoms with E-state index >= 15 is 0 Å². The second kappa shape index (κ2) is 6.40. The third-order valence-electron chi connectivity index (χ3n) is 5.25. The fourth-order valence-electron chi connectivity index (χ4n) is 3.78. The number of benzene rings is 2. The number of carbonyl (C=O) groups is 4. The standard InChI is InChI=1S/C22H13ClN2O5/c1-9-13-8-15(30-9)17(23)22(29)24-14-7-6-12-16(18(14)25-21(13)28)20(27)11-5-3-2-4-10(11)19(12)26/h2-8,17H,1H3,(H,24,29)(H,25,28). The molecule has 0 saturated heterocycles. The summed E-state index contributed by atoms with van der Waals surface area (Å²) in [6.45, 7) is 1.57.